The second-order valence-electron chi connectivity index (χ2n) is 5.22. The van der Waals surface area contributed by atoms with E-state index in [0.29, 0.717) is 13.1 Å². The Morgan fingerprint density at radius 3 is 2.65 bits per heavy atom. The molecule has 23 heavy (non-hydrogen) atoms. The van der Waals surface area contributed by atoms with Crippen molar-refractivity contribution in [1.82, 2.24) is 20.4 Å². The first-order valence-corrected chi connectivity index (χ1v) is 7.66. The van der Waals surface area contributed by atoms with Gasteiger partial charge in [-0.2, -0.15) is 5.10 Å². The first-order chi connectivity index (χ1) is 10.9. The summed E-state index contributed by atoms with van der Waals surface area (Å²) in [6.07, 6.45) is 1.89. The standard InChI is InChI=1S/C15H24N4O4/c1-4-5-7-16-15(22)17-13(20)10-23-14(21)6-8-19-12(3)9-11(2)18-19/h9H,4-8,10H2,1-3H3,(H2,16,17,20,22). The molecule has 0 fully saturated rings. The number of carbonyl (C=O) groups excluding carboxylic acids is 3. The minimum Gasteiger partial charge on any atom is -0.456 e. The number of nitrogens with zero attached hydrogens (tertiary/aromatic N) is 2. The molecule has 2 N–H and O–H groups in total. The van der Waals surface area contributed by atoms with Gasteiger partial charge in [-0.05, 0) is 26.3 Å². The van der Waals surface area contributed by atoms with Crippen molar-refractivity contribution >= 4 is 17.9 Å². The van der Waals surface area contributed by atoms with Gasteiger partial charge in [-0.15, -0.1) is 0 Å². The first-order valence-electron chi connectivity index (χ1n) is 7.66. The van der Waals surface area contributed by atoms with E-state index in [-0.39, 0.29) is 6.42 Å². The van der Waals surface area contributed by atoms with Gasteiger partial charge in [0, 0.05) is 12.2 Å². The summed E-state index contributed by atoms with van der Waals surface area (Å²) in [6, 6.07) is 1.33. The lowest BCUT2D eigenvalue weighted by atomic mass is 10.3. The van der Waals surface area contributed by atoms with Crippen LogP contribution in [0.15, 0.2) is 6.07 Å². The smallest absolute Gasteiger partial charge is 0.321 e. The van der Waals surface area contributed by atoms with E-state index in [9.17, 15) is 14.4 Å². The van der Waals surface area contributed by atoms with Crippen molar-refractivity contribution in [2.45, 2.75) is 46.6 Å². The van der Waals surface area contributed by atoms with Crippen LogP contribution >= 0.6 is 0 Å². The van der Waals surface area contributed by atoms with Crippen molar-refractivity contribution < 1.29 is 19.1 Å². The Morgan fingerprint density at radius 2 is 2.04 bits per heavy atom. The topological polar surface area (TPSA) is 102 Å². The zero-order valence-electron chi connectivity index (χ0n) is 13.8. The molecule has 0 aliphatic rings. The number of amides is 3. The summed E-state index contributed by atoms with van der Waals surface area (Å²) in [5.41, 5.74) is 1.83. The largest absolute Gasteiger partial charge is 0.456 e. The number of urea groups is 1. The third kappa shape index (κ3) is 7.44. The second kappa shape index (κ2) is 9.60. The molecule has 0 aromatic carbocycles. The molecule has 0 saturated heterocycles. The number of hydrogen-bond donors (Lipinski definition) is 2. The quantitative estimate of drug-likeness (QED) is 0.550. The Kier molecular flexibility index (Phi) is 7.79. The van der Waals surface area contributed by atoms with Crippen LogP contribution in [0.2, 0.25) is 0 Å². The maximum atomic E-state index is 11.6. The van der Waals surface area contributed by atoms with Gasteiger partial charge in [-0.25, -0.2) is 4.79 Å². The van der Waals surface area contributed by atoms with Gasteiger partial charge >= 0.3 is 12.0 Å². The number of hydrogen-bond acceptors (Lipinski definition) is 5. The van der Waals surface area contributed by atoms with Crippen molar-refractivity contribution in [3.8, 4) is 0 Å². The fourth-order valence-corrected chi connectivity index (χ4v) is 1.90. The van der Waals surface area contributed by atoms with Crippen molar-refractivity contribution in [1.29, 1.82) is 0 Å². The summed E-state index contributed by atoms with van der Waals surface area (Å²) >= 11 is 0. The van der Waals surface area contributed by atoms with Crippen LogP contribution in [0.3, 0.4) is 0 Å². The molecular weight excluding hydrogens is 300 g/mol. The van der Waals surface area contributed by atoms with E-state index in [1.165, 1.54) is 0 Å². The number of nitrogens with one attached hydrogen (secondary N) is 2. The van der Waals surface area contributed by atoms with Gasteiger partial charge in [0.25, 0.3) is 5.91 Å². The molecule has 1 rings (SSSR count). The zero-order valence-corrected chi connectivity index (χ0v) is 13.8. The molecule has 0 aliphatic carbocycles. The maximum Gasteiger partial charge on any atom is 0.321 e. The van der Waals surface area contributed by atoms with Gasteiger partial charge in [0.1, 0.15) is 0 Å². The van der Waals surface area contributed by atoms with Crippen LogP contribution in [0.5, 0.6) is 0 Å². The third-order valence-electron chi connectivity index (χ3n) is 3.06. The van der Waals surface area contributed by atoms with Crippen LogP contribution in [-0.4, -0.2) is 40.8 Å². The summed E-state index contributed by atoms with van der Waals surface area (Å²) in [6.45, 7) is 6.18. The van der Waals surface area contributed by atoms with Crippen molar-refractivity contribution in [3.63, 3.8) is 0 Å². The third-order valence-corrected chi connectivity index (χ3v) is 3.06. The van der Waals surface area contributed by atoms with E-state index < -0.39 is 24.5 Å². The van der Waals surface area contributed by atoms with E-state index in [4.69, 9.17) is 4.74 Å². The molecule has 0 spiro atoms. The molecule has 8 nitrogen and oxygen atoms in total. The predicted octanol–water partition coefficient (Wildman–Crippen LogP) is 1.06. The molecule has 1 heterocycles. The van der Waals surface area contributed by atoms with Crippen LogP contribution in [0.4, 0.5) is 4.79 Å². The molecule has 0 radical (unpaired) electrons. The molecule has 128 valence electrons. The van der Waals surface area contributed by atoms with Crippen LogP contribution in [-0.2, 0) is 20.9 Å². The lowest BCUT2D eigenvalue weighted by Crippen LogP contribution is -2.41. The minimum atomic E-state index is -0.654. The number of imide groups is 1. The molecular formula is C15H24N4O4. The fourth-order valence-electron chi connectivity index (χ4n) is 1.90. The van der Waals surface area contributed by atoms with Gasteiger partial charge in [0.15, 0.2) is 6.61 Å². The minimum absolute atomic E-state index is 0.109. The SMILES string of the molecule is CCCCNC(=O)NC(=O)COC(=O)CCn1nc(C)cc1C. The Bertz CT molecular complexity index is 554. The highest BCUT2D eigenvalue weighted by molar-refractivity contribution is 5.95. The second-order valence-corrected chi connectivity index (χ2v) is 5.22. The highest BCUT2D eigenvalue weighted by Crippen LogP contribution is 2.03. The van der Waals surface area contributed by atoms with Crippen LogP contribution < -0.4 is 10.6 Å². The highest BCUT2D eigenvalue weighted by atomic mass is 16.5. The Balaban J connectivity index is 2.21. The van der Waals surface area contributed by atoms with Crippen LogP contribution in [0, 0.1) is 13.8 Å². The van der Waals surface area contributed by atoms with Gasteiger partial charge in [-0.1, -0.05) is 13.3 Å². The van der Waals surface area contributed by atoms with Crippen molar-refractivity contribution in [3.05, 3.63) is 17.5 Å². The van der Waals surface area contributed by atoms with E-state index in [0.717, 1.165) is 24.2 Å². The van der Waals surface area contributed by atoms with Gasteiger partial charge in [-0.3, -0.25) is 19.6 Å². The molecule has 0 unspecified atom stereocenters. The molecule has 0 saturated carbocycles. The van der Waals surface area contributed by atoms with E-state index >= 15 is 0 Å². The van der Waals surface area contributed by atoms with Gasteiger partial charge < -0.3 is 10.1 Å². The lowest BCUT2D eigenvalue weighted by Gasteiger charge is -2.07. The Morgan fingerprint density at radius 1 is 1.30 bits per heavy atom. The fraction of sp³-hybridized carbons (Fsp3) is 0.600. The summed E-state index contributed by atoms with van der Waals surface area (Å²) in [4.78, 5) is 34.4. The lowest BCUT2D eigenvalue weighted by molar-refractivity contribution is -0.148. The number of carbonyl (C=O) groups is 3. The number of ether oxygens (including phenoxy) is 1. The monoisotopic (exact) mass is 324 g/mol. The number of aromatic nitrogens is 2. The normalized spacial score (nSPS) is 10.2. The van der Waals surface area contributed by atoms with Crippen LogP contribution in [0.1, 0.15) is 37.6 Å². The molecule has 3 amide bonds. The molecule has 0 atom stereocenters. The van der Waals surface area contributed by atoms with Gasteiger partial charge in [0.2, 0.25) is 0 Å². The number of esters is 1. The van der Waals surface area contributed by atoms with E-state index in [2.05, 4.69) is 15.7 Å². The Labute approximate surface area is 135 Å². The molecule has 0 aliphatic heterocycles. The van der Waals surface area contributed by atoms with Crippen molar-refractivity contribution in [2.75, 3.05) is 13.2 Å². The van der Waals surface area contributed by atoms with Crippen molar-refractivity contribution in [2.24, 2.45) is 0 Å². The van der Waals surface area contributed by atoms with E-state index in [1.807, 2.05) is 26.8 Å². The average Bonchev–Trinajstić information content (AvgIpc) is 2.81. The van der Waals surface area contributed by atoms with Crippen LogP contribution in [0.25, 0.3) is 0 Å². The van der Waals surface area contributed by atoms with E-state index in [1.54, 1.807) is 4.68 Å². The summed E-state index contributed by atoms with van der Waals surface area (Å²) in [7, 11) is 0. The number of unbranched alkanes of at least 4 members (excludes halogenated alkanes) is 1. The average molecular weight is 324 g/mol. The van der Waals surface area contributed by atoms with Gasteiger partial charge in [0.05, 0.1) is 18.7 Å². The molecule has 1 aromatic rings. The molecule has 8 heteroatoms. The maximum absolute atomic E-state index is 11.6. The first kappa shape index (κ1) is 18.7. The number of aryl methyl sites for hydroxylation is 3. The zero-order chi connectivity index (χ0) is 17.2. The Hall–Kier alpha value is -2.38. The molecule has 1 aromatic heterocycles. The summed E-state index contributed by atoms with van der Waals surface area (Å²) < 4.78 is 6.53. The highest BCUT2D eigenvalue weighted by Gasteiger charge is 2.11. The molecule has 0 bridgehead atoms. The summed E-state index contributed by atoms with van der Waals surface area (Å²) in [5, 5.41) is 8.86. The predicted molar refractivity (Wildman–Crippen MR) is 83.7 cm³/mol. The summed E-state index contributed by atoms with van der Waals surface area (Å²) in [5.74, 6) is -1.17. The number of rotatable bonds is 8.